The van der Waals surface area contributed by atoms with Crippen molar-refractivity contribution in [1.82, 2.24) is 5.32 Å². The molecule has 0 fully saturated rings. The van der Waals surface area contributed by atoms with Gasteiger partial charge in [-0.05, 0) is 29.8 Å². The van der Waals surface area contributed by atoms with Crippen molar-refractivity contribution in [1.29, 1.82) is 0 Å². The molecular weight excluding hydrogens is 295 g/mol. The number of nitrogens with one attached hydrogen (secondary N) is 2. The lowest BCUT2D eigenvalue weighted by Crippen LogP contribution is -2.42. The summed E-state index contributed by atoms with van der Waals surface area (Å²) in [7, 11) is 0. The Labute approximate surface area is 134 Å². The van der Waals surface area contributed by atoms with Crippen molar-refractivity contribution >= 4 is 17.5 Å². The maximum atomic E-state index is 13.0. The van der Waals surface area contributed by atoms with Crippen LogP contribution in [0.1, 0.15) is 19.4 Å². The van der Waals surface area contributed by atoms with Gasteiger partial charge in [-0.25, -0.2) is 4.39 Å². The van der Waals surface area contributed by atoms with Crippen LogP contribution in [0, 0.1) is 5.82 Å². The van der Waals surface area contributed by atoms with E-state index in [0.29, 0.717) is 5.69 Å². The lowest BCUT2D eigenvalue weighted by Gasteiger charge is -2.25. The predicted octanol–water partition coefficient (Wildman–Crippen LogP) is 2.86. The first-order valence-corrected chi connectivity index (χ1v) is 7.29. The fraction of sp³-hybridized carbons (Fsp3) is 0.222. The summed E-state index contributed by atoms with van der Waals surface area (Å²) in [5, 5.41) is 5.14. The van der Waals surface area contributed by atoms with E-state index in [1.165, 1.54) is 12.1 Å². The van der Waals surface area contributed by atoms with Crippen molar-refractivity contribution in [3.8, 4) is 0 Å². The molecule has 2 amide bonds. The van der Waals surface area contributed by atoms with E-state index in [2.05, 4.69) is 10.6 Å². The summed E-state index contributed by atoms with van der Waals surface area (Å²) >= 11 is 0. The van der Waals surface area contributed by atoms with Crippen molar-refractivity contribution < 1.29 is 14.0 Å². The molecule has 0 saturated carbocycles. The summed E-state index contributed by atoms with van der Waals surface area (Å²) in [6.07, 6.45) is 0. The Kier molecular flexibility index (Phi) is 5.11. The Bertz CT molecular complexity index is 682. The van der Waals surface area contributed by atoms with Crippen LogP contribution in [0.4, 0.5) is 10.1 Å². The zero-order valence-electron chi connectivity index (χ0n) is 13.1. The molecule has 0 aliphatic heterocycles. The number of carbonyl (C=O) groups excluding carboxylic acids is 2. The van der Waals surface area contributed by atoms with Crippen LogP contribution in [0.25, 0.3) is 0 Å². The molecule has 0 spiro atoms. The molecule has 0 saturated heterocycles. The lowest BCUT2D eigenvalue weighted by molar-refractivity contribution is -0.136. The molecule has 120 valence electrons. The van der Waals surface area contributed by atoms with E-state index < -0.39 is 17.2 Å². The molecule has 0 bridgehead atoms. The third kappa shape index (κ3) is 4.64. The summed E-state index contributed by atoms with van der Waals surface area (Å²) < 4.78 is 13.0. The van der Waals surface area contributed by atoms with E-state index in [9.17, 15) is 14.0 Å². The Morgan fingerprint density at radius 2 is 1.57 bits per heavy atom. The van der Waals surface area contributed by atoms with Crippen molar-refractivity contribution in [3.63, 3.8) is 0 Å². The minimum absolute atomic E-state index is 0.264. The molecule has 0 unspecified atom stereocenters. The number of carbonyl (C=O) groups is 2. The van der Waals surface area contributed by atoms with Crippen LogP contribution >= 0.6 is 0 Å². The van der Waals surface area contributed by atoms with Crippen LogP contribution in [0.5, 0.6) is 0 Å². The minimum atomic E-state index is -0.717. The predicted molar refractivity (Wildman–Crippen MR) is 87.5 cm³/mol. The maximum Gasteiger partial charge on any atom is 0.313 e. The van der Waals surface area contributed by atoms with Crippen molar-refractivity contribution in [3.05, 3.63) is 66.0 Å². The highest BCUT2D eigenvalue weighted by Crippen LogP contribution is 2.22. The molecule has 2 aromatic rings. The maximum absolute atomic E-state index is 13.0. The third-order valence-electron chi connectivity index (χ3n) is 3.55. The zero-order chi connectivity index (χ0) is 16.9. The smallest absolute Gasteiger partial charge is 0.313 e. The molecule has 2 rings (SSSR count). The van der Waals surface area contributed by atoms with Crippen LogP contribution < -0.4 is 10.6 Å². The van der Waals surface area contributed by atoms with Crippen molar-refractivity contribution in [2.45, 2.75) is 19.3 Å². The zero-order valence-corrected chi connectivity index (χ0v) is 13.1. The second-order valence-electron chi connectivity index (χ2n) is 5.89. The van der Waals surface area contributed by atoms with Gasteiger partial charge in [0.05, 0.1) is 0 Å². The number of halogens is 1. The quantitative estimate of drug-likeness (QED) is 0.853. The minimum Gasteiger partial charge on any atom is -0.347 e. The molecule has 2 aromatic carbocycles. The van der Waals surface area contributed by atoms with E-state index in [-0.39, 0.29) is 12.4 Å². The van der Waals surface area contributed by atoms with E-state index in [1.807, 2.05) is 19.9 Å². The van der Waals surface area contributed by atoms with Gasteiger partial charge in [0.2, 0.25) is 0 Å². The monoisotopic (exact) mass is 314 g/mol. The molecule has 2 N–H and O–H groups in total. The average molecular weight is 314 g/mol. The van der Waals surface area contributed by atoms with Crippen molar-refractivity contribution in [2.24, 2.45) is 0 Å². The molecule has 23 heavy (non-hydrogen) atoms. The van der Waals surface area contributed by atoms with Gasteiger partial charge in [-0.3, -0.25) is 9.59 Å². The SMILES string of the molecule is CC(C)(CNC(=O)C(=O)Nc1ccccc1)c1ccc(F)cc1. The second-order valence-corrected chi connectivity index (χ2v) is 5.89. The topological polar surface area (TPSA) is 58.2 Å². The molecule has 0 heterocycles. The summed E-state index contributed by atoms with van der Waals surface area (Å²) in [5.41, 5.74) is 1.02. The first-order valence-electron chi connectivity index (χ1n) is 7.29. The van der Waals surface area contributed by atoms with Gasteiger partial charge in [-0.15, -0.1) is 0 Å². The first-order chi connectivity index (χ1) is 10.9. The van der Waals surface area contributed by atoms with Gasteiger partial charge in [-0.1, -0.05) is 44.2 Å². The fourth-order valence-electron chi connectivity index (χ4n) is 2.09. The van der Waals surface area contributed by atoms with E-state index in [1.54, 1.807) is 36.4 Å². The van der Waals surface area contributed by atoms with Gasteiger partial charge in [0.25, 0.3) is 0 Å². The molecule has 0 aliphatic rings. The summed E-state index contributed by atoms with van der Waals surface area (Å²) in [6, 6.07) is 14.9. The fourth-order valence-corrected chi connectivity index (χ4v) is 2.09. The average Bonchev–Trinajstić information content (AvgIpc) is 2.54. The second kappa shape index (κ2) is 7.05. The van der Waals surface area contributed by atoms with Gasteiger partial charge in [0.15, 0.2) is 0 Å². The molecule has 0 aromatic heterocycles. The van der Waals surface area contributed by atoms with Gasteiger partial charge in [0.1, 0.15) is 5.82 Å². The van der Waals surface area contributed by atoms with Crippen LogP contribution in [0.15, 0.2) is 54.6 Å². The first kappa shape index (κ1) is 16.7. The molecule has 4 nitrogen and oxygen atoms in total. The number of anilines is 1. The van der Waals surface area contributed by atoms with Crippen LogP contribution in [0.3, 0.4) is 0 Å². The number of hydrogen-bond acceptors (Lipinski definition) is 2. The number of rotatable bonds is 4. The highest BCUT2D eigenvalue weighted by Gasteiger charge is 2.23. The molecular formula is C18H19FN2O2. The van der Waals surface area contributed by atoms with E-state index in [4.69, 9.17) is 0 Å². The van der Waals surface area contributed by atoms with Crippen LogP contribution in [-0.4, -0.2) is 18.4 Å². The third-order valence-corrected chi connectivity index (χ3v) is 3.55. The Morgan fingerprint density at radius 3 is 2.17 bits per heavy atom. The molecule has 0 aliphatic carbocycles. The molecule has 5 heteroatoms. The summed E-state index contributed by atoms with van der Waals surface area (Å²) in [5.74, 6) is -1.73. The standard InChI is InChI=1S/C18H19FN2O2/c1-18(2,13-8-10-14(19)11-9-13)12-20-16(22)17(23)21-15-6-4-3-5-7-15/h3-11H,12H2,1-2H3,(H,20,22)(H,21,23). The largest absolute Gasteiger partial charge is 0.347 e. The van der Waals surface area contributed by atoms with Gasteiger partial charge >= 0.3 is 11.8 Å². The van der Waals surface area contributed by atoms with Crippen LogP contribution in [0.2, 0.25) is 0 Å². The van der Waals surface area contributed by atoms with E-state index >= 15 is 0 Å². The Morgan fingerprint density at radius 1 is 0.957 bits per heavy atom. The number of hydrogen-bond donors (Lipinski definition) is 2. The molecule has 0 radical (unpaired) electrons. The number of benzene rings is 2. The van der Waals surface area contributed by atoms with Crippen LogP contribution in [-0.2, 0) is 15.0 Å². The Balaban J connectivity index is 1.92. The van der Waals surface area contributed by atoms with Gasteiger partial charge < -0.3 is 10.6 Å². The summed E-state index contributed by atoms with van der Waals surface area (Å²) in [4.78, 5) is 23.7. The summed E-state index contributed by atoms with van der Waals surface area (Å²) in [6.45, 7) is 4.09. The Hall–Kier alpha value is -2.69. The van der Waals surface area contributed by atoms with E-state index in [0.717, 1.165) is 5.56 Å². The highest BCUT2D eigenvalue weighted by molar-refractivity contribution is 6.39. The van der Waals surface area contributed by atoms with Crippen molar-refractivity contribution in [2.75, 3.05) is 11.9 Å². The number of amides is 2. The lowest BCUT2D eigenvalue weighted by atomic mass is 9.84. The highest BCUT2D eigenvalue weighted by atomic mass is 19.1. The normalized spacial score (nSPS) is 10.9. The number of para-hydroxylation sites is 1. The molecule has 0 atom stereocenters. The van der Waals surface area contributed by atoms with Gasteiger partial charge in [-0.2, -0.15) is 0 Å². The van der Waals surface area contributed by atoms with Gasteiger partial charge in [0, 0.05) is 17.6 Å².